The maximum Gasteiger partial charge on any atom is 0.329 e. The molecule has 32 heavy (non-hydrogen) atoms. The largest absolute Gasteiger partial charge is 0.481 e. The number of aryl methyl sites for hydroxylation is 1. The second-order valence-electron chi connectivity index (χ2n) is 7.63. The van der Waals surface area contributed by atoms with Gasteiger partial charge in [-0.25, -0.2) is 14.2 Å². The molecule has 5 heterocycles. The van der Waals surface area contributed by atoms with Gasteiger partial charge in [-0.3, -0.25) is 19.1 Å². The van der Waals surface area contributed by atoms with E-state index >= 15 is 4.39 Å². The van der Waals surface area contributed by atoms with Crippen LogP contribution in [0.2, 0.25) is 0 Å². The summed E-state index contributed by atoms with van der Waals surface area (Å²) in [5.74, 6) is -1.03. The fourth-order valence-corrected chi connectivity index (χ4v) is 4.31. The number of aromatic nitrogens is 5. The van der Waals surface area contributed by atoms with Gasteiger partial charge in [0.2, 0.25) is 5.95 Å². The van der Waals surface area contributed by atoms with Gasteiger partial charge in [-0.1, -0.05) is 6.07 Å². The molecule has 0 spiro atoms. The zero-order chi connectivity index (χ0) is 22.0. The van der Waals surface area contributed by atoms with Crippen LogP contribution in [0.1, 0.15) is 11.8 Å². The van der Waals surface area contributed by atoms with E-state index in [1.807, 2.05) is 6.07 Å². The molecule has 1 atom stereocenters. The second-order valence-corrected chi connectivity index (χ2v) is 7.63. The Labute approximate surface area is 179 Å². The number of benzene rings is 1. The van der Waals surface area contributed by atoms with Crippen molar-refractivity contribution in [3.8, 4) is 16.9 Å². The monoisotopic (exact) mass is 431 g/mol. The average Bonchev–Trinajstić information content (AvgIpc) is 2.94. The molecule has 0 amide bonds. The molecule has 6 rings (SSSR count). The lowest BCUT2D eigenvalue weighted by atomic mass is 10.0. The van der Waals surface area contributed by atoms with Crippen molar-refractivity contribution in [1.29, 1.82) is 0 Å². The van der Waals surface area contributed by atoms with E-state index in [4.69, 9.17) is 4.74 Å². The first kappa shape index (κ1) is 18.6. The Morgan fingerprint density at radius 1 is 1.09 bits per heavy atom. The van der Waals surface area contributed by atoms with E-state index in [0.717, 1.165) is 6.07 Å². The molecule has 158 valence electrons. The highest BCUT2D eigenvalue weighted by Crippen LogP contribution is 2.45. The summed E-state index contributed by atoms with van der Waals surface area (Å²) in [6.45, 7) is 0.184. The summed E-state index contributed by atoms with van der Waals surface area (Å²) in [6.07, 6.45) is 3.78. The van der Waals surface area contributed by atoms with Crippen LogP contribution in [0.3, 0.4) is 0 Å². The van der Waals surface area contributed by atoms with Gasteiger partial charge in [-0.2, -0.15) is 4.39 Å². The molecule has 5 aromatic rings. The van der Waals surface area contributed by atoms with Crippen LogP contribution < -0.4 is 10.4 Å². The van der Waals surface area contributed by atoms with Crippen molar-refractivity contribution in [2.24, 2.45) is 7.05 Å². The predicted octanol–water partition coefficient (Wildman–Crippen LogP) is 3.76. The van der Waals surface area contributed by atoms with Crippen LogP contribution in [-0.4, -0.2) is 24.1 Å². The topological polar surface area (TPSA) is 74.8 Å². The molecule has 9 heteroatoms. The molecule has 0 aliphatic carbocycles. The Balaban J connectivity index is 1.76. The summed E-state index contributed by atoms with van der Waals surface area (Å²) in [6, 6.07) is 9.29. The van der Waals surface area contributed by atoms with Crippen LogP contribution in [0.25, 0.3) is 33.1 Å². The van der Waals surface area contributed by atoms with Crippen molar-refractivity contribution in [1.82, 2.24) is 24.1 Å². The lowest BCUT2D eigenvalue weighted by Gasteiger charge is -2.20. The second kappa shape index (κ2) is 6.68. The molecule has 0 saturated carbocycles. The van der Waals surface area contributed by atoms with Gasteiger partial charge in [0, 0.05) is 31.1 Å². The van der Waals surface area contributed by atoms with Gasteiger partial charge in [-0.15, -0.1) is 0 Å². The smallest absolute Gasteiger partial charge is 0.329 e. The van der Waals surface area contributed by atoms with Crippen LogP contribution in [0.4, 0.5) is 8.78 Å². The Morgan fingerprint density at radius 3 is 2.72 bits per heavy atom. The zero-order valence-corrected chi connectivity index (χ0v) is 16.8. The van der Waals surface area contributed by atoms with E-state index in [-0.39, 0.29) is 23.5 Å². The fraction of sp³-hybridized carbons (Fsp3) is 0.130. The first-order chi connectivity index (χ1) is 15.5. The average molecular weight is 431 g/mol. The molecule has 0 fully saturated rings. The Bertz CT molecular complexity index is 1580. The minimum absolute atomic E-state index is 0.130. The van der Waals surface area contributed by atoms with Crippen molar-refractivity contribution < 1.29 is 13.5 Å². The standard InChI is InChI=1S/C23H15F2N5O2/c1-29-16-10-27-15-8-13(24)19(12-5-6-18(25)28-9-12)22-20(15)21(16)30(23(29)31)11-17(32-22)14-4-2-3-7-26-14/h2-10,17H,11H2,1H3. The van der Waals surface area contributed by atoms with Gasteiger partial charge in [0.05, 0.1) is 45.9 Å². The molecular formula is C23H15F2N5O2. The number of rotatable bonds is 2. The maximum absolute atomic E-state index is 15.4. The molecule has 1 aliphatic heterocycles. The van der Waals surface area contributed by atoms with E-state index in [1.165, 1.54) is 22.9 Å². The van der Waals surface area contributed by atoms with E-state index in [1.54, 1.807) is 36.1 Å². The summed E-state index contributed by atoms with van der Waals surface area (Å²) in [4.78, 5) is 25.5. The summed E-state index contributed by atoms with van der Waals surface area (Å²) < 4.78 is 38.3. The van der Waals surface area contributed by atoms with E-state index < -0.39 is 17.9 Å². The molecule has 0 N–H and O–H groups in total. The van der Waals surface area contributed by atoms with Gasteiger partial charge in [0.25, 0.3) is 0 Å². The highest BCUT2D eigenvalue weighted by atomic mass is 19.1. The summed E-state index contributed by atoms with van der Waals surface area (Å²) >= 11 is 0. The maximum atomic E-state index is 15.4. The molecule has 1 aliphatic rings. The third-order valence-corrected chi connectivity index (χ3v) is 5.81. The fourth-order valence-electron chi connectivity index (χ4n) is 4.31. The number of hydrogen-bond acceptors (Lipinski definition) is 5. The molecule has 0 radical (unpaired) electrons. The van der Waals surface area contributed by atoms with Gasteiger partial charge >= 0.3 is 5.69 Å². The highest BCUT2D eigenvalue weighted by Gasteiger charge is 2.30. The Hall–Kier alpha value is -4.14. The summed E-state index contributed by atoms with van der Waals surface area (Å²) in [5, 5.41) is 0.513. The predicted molar refractivity (Wildman–Crippen MR) is 113 cm³/mol. The van der Waals surface area contributed by atoms with Crippen molar-refractivity contribution in [3.05, 3.63) is 82.9 Å². The van der Waals surface area contributed by atoms with Crippen LogP contribution in [0.15, 0.2) is 59.8 Å². The zero-order valence-electron chi connectivity index (χ0n) is 16.8. The first-order valence-electron chi connectivity index (χ1n) is 9.93. The Morgan fingerprint density at radius 2 is 1.97 bits per heavy atom. The van der Waals surface area contributed by atoms with E-state index in [0.29, 0.717) is 33.2 Å². The molecule has 7 nitrogen and oxygen atoms in total. The lowest BCUT2D eigenvalue weighted by Crippen LogP contribution is -2.26. The van der Waals surface area contributed by atoms with Gasteiger partial charge in [-0.05, 0) is 24.3 Å². The van der Waals surface area contributed by atoms with E-state index in [9.17, 15) is 9.18 Å². The minimum atomic E-state index is -0.672. The number of halogens is 2. The van der Waals surface area contributed by atoms with Gasteiger partial charge in [0.15, 0.2) is 6.10 Å². The first-order valence-corrected chi connectivity index (χ1v) is 9.93. The molecule has 0 saturated heterocycles. The number of ether oxygens (including phenoxy) is 1. The molecule has 4 aromatic heterocycles. The van der Waals surface area contributed by atoms with Gasteiger partial charge < -0.3 is 4.74 Å². The van der Waals surface area contributed by atoms with Crippen molar-refractivity contribution >= 4 is 21.9 Å². The number of imidazole rings is 1. The number of hydrogen-bond donors (Lipinski definition) is 0. The SMILES string of the molecule is Cn1c(=O)n2c3c4c(c(-c5ccc(F)nc5)c(F)cc4ncc31)OC(c1ccccn1)C2. The van der Waals surface area contributed by atoms with Crippen molar-refractivity contribution in [2.75, 3.05) is 0 Å². The minimum Gasteiger partial charge on any atom is -0.481 e. The molecule has 1 aromatic carbocycles. The van der Waals surface area contributed by atoms with E-state index in [2.05, 4.69) is 15.0 Å². The summed E-state index contributed by atoms with van der Waals surface area (Å²) in [7, 11) is 1.67. The van der Waals surface area contributed by atoms with Crippen molar-refractivity contribution in [3.63, 3.8) is 0 Å². The number of pyridine rings is 3. The third-order valence-electron chi connectivity index (χ3n) is 5.81. The number of nitrogens with zero attached hydrogens (tertiary/aromatic N) is 5. The lowest BCUT2D eigenvalue weighted by molar-refractivity contribution is 0.184. The Kier molecular flexibility index (Phi) is 3.89. The molecule has 0 bridgehead atoms. The molecular weight excluding hydrogens is 416 g/mol. The van der Waals surface area contributed by atoms with Crippen LogP contribution in [0.5, 0.6) is 5.75 Å². The molecule has 1 unspecified atom stereocenters. The normalized spacial score (nSPS) is 15.3. The van der Waals surface area contributed by atoms with Crippen LogP contribution >= 0.6 is 0 Å². The van der Waals surface area contributed by atoms with Crippen molar-refractivity contribution in [2.45, 2.75) is 12.6 Å². The van der Waals surface area contributed by atoms with Crippen LogP contribution in [-0.2, 0) is 13.6 Å². The third kappa shape index (κ3) is 2.57. The van der Waals surface area contributed by atoms with Gasteiger partial charge in [0.1, 0.15) is 11.6 Å². The summed E-state index contributed by atoms with van der Waals surface area (Å²) in [5.41, 5.74) is 2.40. The van der Waals surface area contributed by atoms with Crippen LogP contribution in [0, 0.1) is 11.8 Å². The quantitative estimate of drug-likeness (QED) is 0.398. The highest BCUT2D eigenvalue weighted by molar-refractivity contribution is 6.09.